The summed E-state index contributed by atoms with van der Waals surface area (Å²) in [5.41, 5.74) is 0.560. The summed E-state index contributed by atoms with van der Waals surface area (Å²) in [5.74, 6) is 0. The van der Waals surface area contributed by atoms with Crippen molar-refractivity contribution in [1.82, 2.24) is 0 Å². The van der Waals surface area contributed by atoms with Crippen molar-refractivity contribution < 1.29 is 4.74 Å². The number of rotatable bonds is 5. The number of ether oxygens (including phenoxy) is 1. The number of unbranched alkanes of at least 4 members (excludes halogenated alkanes) is 1. The fourth-order valence-electron chi connectivity index (χ4n) is 2.26. The first kappa shape index (κ1) is 10.0. The summed E-state index contributed by atoms with van der Waals surface area (Å²) in [7, 11) is 0. The molecule has 0 N–H and O–H groups in total. The van der Waals surface area contributed by atoms with Crippen molar-refractivity contribution in [2.75, 3.05) is 6.61 Å². The van der Waals surface area contributed by atoms with Crippen LogP contribution in [-0.4, -0.2) is 12.7 Å². The Morgan fingerprint density at radius 1 is 1.33 bits per heavy atom. The van der Waals surface area contributed by atoms with Gasteiger partial charge in [-0.05, 0) is 19.3 Å². The molecule has 0 aromatic rings. The van der Waals surface area contributed by atoms with Crippen LogP contribution in [0.15, 0.2) is 0 Å². The molecule has 0 amide bonds. The highest BCUT2D eigenvalue weighted by atomic mass is 16.5. The second kappa shape index (κ2) is 4.27. The molecule has 1 heterocycles. The Balaban J connectivity index is 2.40. The Morgan fingerprint density at radius 3 is 2.42 bits per heavy atom. The molecule has 0 aromatic carbocycles. The molecule has 1 heteroatoms. The van der Waals surface area contributed by atoms with E-state index in [0.29, 0.717) is 11.5 Å². The zero-order valence-electron chi connectivity index (χ0n) is 8.73. The zero-order chi connectivity index (χ0) is 9.03. The minimum atomic E-state index is 0.560. The van der Waals surface area contributed by atoms with Gasteiger partial charge >= 0.3 is 0 Å². The summed E-state index contributed by atoms with van der Waals surface area (Å²) in [6, 6.07) is 0. The van der Waals surface area contributed by atoms with E-state index in [0.717, 1.165) is 6.61 Å². The molecule has 2 atom stereocenters. The standard InChI is InChI=1S/C11H22O/c1-4-7-8-11(6-3)9-12-10(11)5-2/h10H,4-9H2,1-3H3. The van der Waals surface area contributed by atoms with Gasteiger partial charge in [-0.15, -0.1) is 0 Å². The molecule has 0 aliphatic carbocycles. The van der Waals surface area contributed by atoms with Gasteiger partial charge in [-0.3, -0.25) is 0 Å². The van der Waals surface area contributed by atoms with Crippen molar-refractivity contribution in [3.8, 4) is 0 Å². The first-order chi connectivity index (χ1) is 5.79. The summed E-state index contributed by atoms with van der Waals surface area (Å²) >= 11 is 0. The third kappa shape index (κ3) is 1.66. The van der Waals surface area contributed by atoms with Gasteiger partial charge in [-0.2, -0.15) is 0 Å². The summed E-state index contributed by atoms with van der Waals surface area (Å²) in [5, 5.41) is 0. The highest BCUT2D eigenvalue weighted by Gasteiger charge is 2.44. The van der Waals surface area contributed by atoms with Crippen molar-refractivity contribution in [3.63, 3.8) is 0 Å². The Hall–Kier alpha value is -0.0400. The third-order valence-electron chi connectivity index (χ3n) is 3.36. The lowest BCUT2D eigenvalue weighted by Crippen LogP contribution is -2.51. The second-order valence-electron chi connectivity index (χ2n) is 4.03. The first-order valence-electron chi connectivity index (χ1n) is 5.40. The van der Waals surface area contributed by atoms with Crippen LogP contribution in [0, 0.1) is 5.41 Å². The van der Waals surface area contributed by atoms with E-state index in [1.54, 1.807) is 0 Å². The summed E-state index contributed by atoms with van der Waals surface area (Å²) in [6.45, 7) is 7.83. The molecular formula is C11H22O. The Morgan fingerprint density at radius 2 is 2.08 bits per heavy atom. The Labute approximate surface area is 76.5 Å². The van der Waals surface area contributed by atoms with Crippen LogP contribution < -0.4 is 0 Å². The van der Waals surface area contributed by atoms with Gasteiger partial charge in [0.1, 0.15) is 0 Å². The molecule has 0 bridgehead atoms. The fourth-order valence-corrected chi connectivity index (χ4v) is 2.26. The van der Waals surface area contributed by atoms with E-state index in [1.807, 2.05) is 0 Å². The molecule has 1 saturated heterocycles. The van der Waals surface area contributed by atoms with Crippen molar-refractivity contribution in [2.24, 2.45) is 5.41 Å². The van der Waals surface area contributed by atoms with Gasteiger partial charge in [0.15, 0.2) is 0 Å². The molecule has 0 spiro atoms. The zero-order valence-corrected chi connectivity index (χ0v) is 8.73. The lowest BCUT2D eigenvalue weighted by atomic mass is 9.71. The van der Waals surface area contributed by atoms with Gasteiger partial charge in [0, 0.05) is 5.41 Å². The normalized spacial score (nSPS) is 34.8. The first-order valence-corrected chi connectivity index (χ1v) is 5.40. The summed E-state index contributed by atoms with van der Waals surface area (Å²) < 4.78 is 5.58. The Kier molecular flexibility index (Phi) is 3.57. The molecule has 0 radical (unpaired) electrons. The van der Waals surface area contributed by atoms with Crippen molar-refractivity contribution in [3.05, 3.63) is 0 Å². The summed E-state index contributed by atoms with van der Waals surface area (Å²) in [6.07, 6.45) is 7.11. The molecule has 1 fully saturated rings. The van der Waals surface area contributed by atoms with Crippen molar-refractivity contribution in [1.29, 1.82) is 0 Å². The van der Waals surface area contributed by atoms with E-state index in [2.05, 4.69) is 20.8 Å². The molecular weight excluding hydrogens is 148 g/mol. The molecule has 1 aliphatic heterocycles. The maximum absolute atomic E-state index is 5.58. The molecule has 0 saturated carbocycles. The van der Waals surface area contributed by atoms with Crippen molar-refractivity contribution in [2.45, 2.75) is 59.0 Å². The van der Waals surface area contributed by atoms with Crippen LogP contribution in [0.25, 0.3) is 0 Å². The minimum Gasteiger partial charge on any atom is -0.377 e. The predicted molar refractivity (Wildman–Crippen MR) is 52.3 cm³/mol. The van der Waals surface area contributed by atoms with Crippen LogP contribution in [0.1, 0.15) is 52.9 Å². The van der Waals surface area contributed by atoms with Crippen molar-refractivity contribution >= 4 is 0 Å². The van der Waals surface area contributed by atoms with Gasteiger partial charge in [-0.25, -0.2) is 0 Å². The Bertz CT molecular complexity index is 127. The number of hydrogen-bond acceptors (Lipinski definition) is 1. The molecule has 12 heavy (non-hydrogen) atoms. The maximum Gasteiger partial charge on any atom is 0.0650 e. The van der Waals surface area contributed by atoms with Gasteiger partial charge in [0.2, 0.25) is 0 Å². The van der Waals surface area contributed by atoms with E-state index >= 15 is 0 Å². The van der Waals surface area contributed by atoms with Gasteiger partial charge in [0.25, 0.3) is 0 Å². The average Bonchev–Trinajstić information content (AvgIpc) is 2.06. The predicted octanol–water partition coefficient (Wildman–Crippen LogP) is 3.38. The van der Waals surface area contributed by atoms with Gasteiger partial charge < -0.3 is 4.74 Å². The van der Waals surface area contributed by atoms with Gasteiger partial charge in [0.05, 0.1) is 12.7 Å². The van der Waals surface area contributed by atoms with Crippen LogP contribution in [0.5, 0.6) is 0 Å². The van der Waals surface area contributed by atoms with Gasteiger partial charge in [-0.1, -0.05) is 33.6 Å². The molecule has 1 aliphatic rings. The van der Waals surface area contributed by atoms with E-state index in [1.165, 1.54) is 32.1 Å². The van der Waals surface area contributed by atoms with E-state index in [4.69, 9.17) is 4.74 Å². The van der Waals surface area contributed by atoms with Crippen LogP contribution >= 0.6 is 0 Å². The lowest BCUT2D eigenvalue weighted by molar-refractivity contribution is -0.193. The summed E-state index contributed by atoms with van der Waals surface area (Å²) in [4.78, 5) is 0. The maximum atomic E-state index is 5.58. The smallest absolute Gasteiger partial charge is 0.0650 e. The van der Waals surface area contributed by atoms with Crippen LogP contribution in [-0.2, 0) is 4.74 Å². The van der Waals surface area contributed by atoms with E-state index in [9.17, 15) is 0 Å². The monoisotopic (exact) mass is 170 g/mol. The molecule has 0 aromatic heterocycles. The fraction of sp³-hybridized carbons (Fsp3) is 1.00. The topological polar surface area (TPSA) is 9.23 Å². The molecule has 1 nitrogen and oxygen atoms in total. The third-order valence-corrected chi connectivity index (χ3v) is 3.36. The lowest BCUT2D eigenvalue weighted by Gasteiger charge is -2.49. The van der Waals surface area contributed by atoms with Crippen LogP contribution in [0.3, 0.4) is 0 Å². The van der Waals surface area contributed by atoms with Crippen LogP contribution in [0.2, 0.25) is 0 Å². The highest BCUT2D eigenvalue weighted by Crippen LogP contribution is 2.44. The second-order valence-corrected chi connectivity index (χ2v) is 4.03. The molecule has 72 valence electrons. The van der Waals surface area contributed by atoms with E-state index in [-0.39, 0.29) is 0 Å². The SMILES string of the molecule is CCCCC1(CC)COC1CC. The molecule has 2 unspecified atom stereocenters. The quantitative estimate of drug-likeness (QED) is 0.614. The number of hydrogen-bond donors (Lipinski definition) is 0. The highest BCUT2D eigenvalue weighted by molar-refractivity contribution is 4.92. The van der Waals surface area contributed by atoms with Crippen LogP contribution in [0.4, 0.5) is 0 Å². The van der Waals surface area contributed by atoms with E-state index < -0.39 is 0 Å². The largest absolute Gasteiger partial charge is 0.377 e. The minimum absolute atomic E-state index is 0.560. The molecule has 1 rings (SSSR count). The average molecular weight is 170 g/mol.